The summed E-state index contributed by atoms with van der Waals surface area (Å²) in [6.45, 7) is 5.15. The highest BCUT2D eigenvalue weighted by atomic mass is 35.5. The summed E-state index contributed by atoms with van der Waals surface area (Å²) in [6.07, 6.45) is 3.97. The Morgan fingerprint density at radius 1 is 1.26 bits per heavy atom. The average molecular weight is 382 g/mol. The van der Waals surface area contributed by atoms with E-state index in [9.17, 15) is 4.79 Å². The number of nitrogens with zero attached hydrogens (tertiary/aromatic N) is 4. The number of hydrogen-bond donors (Lipinski definition) is 1. The van der Waals surface area contributed by atoms with E-state index in [-0.39, 0.29) is 36.8 Å². The van der Waals surface area contributed by atoms with Gasteiger partial charge in [-0.15, -0.1) is 24.8 Å². The lowest BCUT2D eigenvalue weighted by molar-refractivity contribution is -0.132. The van der Waals surface area contributed by atoms with Gasteiger partial charge in [-0.05, 0) is 25.7 Å². The minimum Gasteiger partial charge on any atom is -0.343 e. The van der Waals surface area contributed by atoms with Crippen molar-refractivity contribution < 1.29 is 4.79 Å². The monoisotopic (exact) mass is 381 g/mol. The van der Waals surface area contributed by atoms with Gasteiger partial charge in [-0.2, -0.15) is 4.37 Å². The maximum atomic E-state index is 12.4. The SMILES string of the molecule is Cc1nsc(N2CCN(C(=O)C[C@@H]3CCC[C@H]3N)CC2)n1.Cl.Cl. The molecule has 1 amide bonds. The van der Waals surface area contributed by atoms with Crippen molar-refractivity contribution >= 4 is 47.4 Å². The Balaban J connectivity index is 0.00000132. The molecule has 6 nitrogen and oxygen atoms in total. The maximum Gasteiger partial charge on any atom is 0.223 e. The van der Waals surface area contributed by atoms with Crippen LogP contribution in [0, 0.1) is 12.8 Å². The van der Waals surface area contributed by atoms with Gasteiger partial charge in [0.1, 0.15) is 5.82 Å². The Hall–Kier alpha value is -0.630. The molecular weight excluding hydrogens is 357 g/mol. The zero-order chi connectivity index (χ0) is 14.8. The van der Waals surface area contributed by atoms with Crippen LogP contribution in [0.25, 0.3) is 0 Å². The lowest BCUT2D eigenvalue weighted by atomic mass is 9.99. The van der Waals surface area contributed by atoms with E-state index in [1.807, 2.05) is 11.8 Å². The second-order valence-electron chi connectivity index (χ2n) is 6.05. The molecule has 2 fully saturated rings. The smallest absolute Gasteiger partial charge is 0.223 e. The van der Waals surface area contributed by atoms with Gasteiger partial charge >= 0.3 is 0 Å². The zero-order valence-corrected chi connectivity index (χ0v) is 15.8. The second kappa shape index (κ2) is 9.01. The number of anilines is 1. The predicted molar refractivity (Wildman–Crippen MR) is 97.9 cm³/mol. The van der Waals surface area contributed by atoms with E-state index in [2.05, 4.69) is 14.3 Å². The molecule has 3 rings (SSSR count). The summed E-state index contributed by atoms with van der Waals surface area (Å²) in [4.78, 5) is 21.0. The van der Waals surface area contributed by atoms with Gasteiger partial charge in [0, 0.05) is 50.2 Å². The fourth-order valence-electron chi connectivity index (χ4n) is 3.23. The van der Waals surface area contributed by atoms with Crippen LogP contribution in [0.2, 0.25) is 0 Å². The van der Waals surface area contributed by atoms with Crippen molar-refractivity contribution in [2.24, 2.45) is 11.7 Å². The first-order valence-electron chi connectivity index (χ1n) is 7.72. The molecule has 2 atom stereocenters. The van der Waals surface area contributed by atoms with Crippen LogP contribution in [0.15, 0.2) is 0 Å². The Kier molecular flexibility index (Phi) is 8.00. The molecule has 0 bridgehead atoms. The minimum absolute atomic E-state index is 0. The van der Waals surface area contributed by atoms with Gasteiger partial charge < -0.3 is 15.5 Å². The summed E-state index contributed by atoms with van der Waals surface area (Å²) < 4.78 is 4.22. The standard InChI is InChI=1S/C14H23N5OS.2ClH/c1-10-16-14(21-17-10)19-7-5-18(6-8-19)13(20)9-11-3-2-4-12(11)15;;/h11-12H,2-9,15H2,1H3;2*1H/t11-,12+;;/m0../s1. The summed E-state index contributed by atoms with van der Waals surface area (Å²) in [5.41, 5.74) is 6.06. The Labute approximate surface area is 153 Å². The molecule has 9 heteroatoms. The maximum absolute atomic E-state index is 12.4. The molecular formula is C14H25Cl2N5OS. The van der Waals surface area contributed by atoms with Crippen LogP contribution in [-0.2, 0) is 4.79 Å². The highest BCUT2D eigenvalue weighted by Crippen LogP contribution is 2.27. The van der Waals surface area contributed by atoms with E-state index in [4.69, 9.17) is 5.73 Å². The van der Waals surface area contributed by atoms with Crippen molar-refractivity contribution in [3.8, 4) is 0 Å². The van der Waals surface area contributed by atoms with E-state index in [0.29, 0.717) is 12.3 Å². The van der Waals surface area contributed by atoms with Gasteiger partial charge in [-0.1, -0.05) is 6.42 Å². The summed E-state index contributed by atoms with van der Waals surface area (Å²) in [6, 6.07) is 0.222. The number of hydrogen-bond acceptors (Lipinski definition) is 6. The molecule has 132 valence electrons. The molecule has 1 saturated carbocycles. The van der Waals surface area contributed by atoms with E-state index < -0.39 is 0 Å². The van der Waals surface area contributed by atoms with Gasteiger partial charge in [0.2, 0.25) is 11.0 Å². The molecule has 1 aliphatic carbocycles. The topological polar surface area (TPSA) is 75.4 Å². The molecule has 2 aliphatic rings. The lowest BCUT2D eigenvalue weighted by Gasteiger charge is -2.35. The summed E-state index contributed by atoms with van der Waals surface area (Å²) >= 11 is 1.44. The highest BCUT2D eigenvalue weighted by Gasteiger charge is 2.29. The van der Waals surface area contributed by atoms with Crippen LogP contribution < -0.4 is 10.6 Å². The van der Waals surface area contributed by atoms with Gasteiger partial charge in [-0.25, -0.2) is 4.98 Å². The average Bonchev–Trinajstić information content (AvgIpc) is 3.08. The highest BCUT2D eigenvalue weighted by molar-refractivity contribution is 7.09. The van der Waals surface area contributed by atoms with Crippen LogP contribution in [0.3, 0.4) is 0 Å². The number of nitrogens with two attached hydrogens (primary N) is 1. The zero-order valence-electron chi connectivity index (χ0n) is 13.3. The number of aromatic nitrogens is 2. The van der Waals surface area contributed by atoms with E-state index in [1.54, 1.807) is 0 Å². The molecule has 2 N–H and O–H groups in total. The summed E-state index contributed by atoms with van der Waals surface area (Å²) in [5.74, 6) is 1.48. The molecule has 0 unspecified atom stereocenters. The molecule has 2 heterocycles. The normalized spacial score (nSPS) is 24.1. The third-order valence-electron chi connectivity index (χ3n) is 4.57. The Bertz CT molecular complexity index is 507. The first-order chi connectivity index (χ1) is 10.1. The number of carbonyl (C=O) groups excluding carboxylic acids is 1. The van der Waals surface area contributed by atoms with E-state index in [1.165, 1.54) is 18.0 Å². The molecule has 1 aliphatic heterocycles. The van der Waals surface area contributed by atoms with Crippen LogP contribution in [0.1, 0.15) is 31.5 Å². The van der Waals surface area contributed by atoms with Crippen molar-refractivity contribution in [1.29, 1.82) is 0 Å². The first-order valence-corrected chi connectivity index (χ1v) is 8.49. The predicted octanol–water partition coefficient (Wildman–Crippen LogP) is 1.86. The number of piperazine rings is 1. The van der Waals surface area contributed by atoms with Crippen molar-refractivity contribution in [2.75, 3.05) is 31.1 Å². The number of rotatable bonds is 3. The number of aryl methyl sites for hydroxylation is 1. The van der Waals surface area contributed by atoms with Crippen LogP contribution in [0.4, 0.5) is 5.13 Å². The van der Waals surface area contributed by atoms with Gasteiger partial charge in [0.25, 0.3) is 0 Å². The summed E-state index contributed by atoms with van der Waals surface area (Å²) in [7, 11) is 0. The van der Waals surface area contributed by atoms with Crippen LogP contribution >= 0.6 is 36.3 Å². The molecule has 23 heavy (non-hydrogen) atoms. The van der Waals surface area contributed by atoms with Gasteiger partial charge in [0.15, 0.2) is 0 Å². The molecule has 0 spiro atoms. The number of halogens is 2. The molecule has 1 saturated heterocycles. The largest absolute Gasteiger partial charge is 0.343 e. The fourth-order valence-corrected chi connectivity index (χ4v) is 3.96. The van der Waals surface area contributed by atoms with Crippen molar-refractivity contribution in [3.05, 3.63) is 5.82 Å². The first kappa shape index (κ1) is 20.4. The molecule has 0 radical (unpaired) electrons. The van der Waals surface area contributed by atoms with Crippen molar-refractivity contribution in [3.63, 3.8) is 0 Å². The van der Waals surface area contributed by atoms with Gasteiger partial charge in [-0.3, -0.25) is 4.79 Å². The third kappa shape index (κ3) is 4.92. The van der Waals surface area contributed by atoms with Crippen LogP contribution in [-0.4, -0.2) is 52.4 Å². The molecule has 1 aromatic rings. The molecule has 0 aromatic carbocycles. The van der Waals surface area contributed by atoms with Crippen molar-refractivity contribution in [1.82, 2.24) is 14.3 Å². The van der Waals surface area contributed by atoms with E-state index in [0.717, 1.165) is 50.0 Å². The Morgan fingerprint density at radius 3 is 2.48 bits per heavy atom. The third-order valence-corrected chi connectivity index (χ3v) is 5.44. The lowest BCUT2D eigenvalue weighted by Crippen LogP contribution is -2.49. The van der Waals surface area contributed by atoms with E-state index >= 15 is 0 Å². The van der Waals surface area contributed by atoms with Gasteiger partial charge in [0.05, 0.1) is 0 Å². The second-order valence-corrected chi connectivity index (χ2v) is 6.78. The Morgan fingerprint density at radius 2 is 1.96 bits per heavy atom. The van der Waals surface area contributed by atoms with Crippen molar-refractivity contribution in [2.45, 2.75) is 38.6 Å². The molecule has 1 aromatic heterocycles. The summed E-state index contributed by atoms with van der Waals surface area (Å²) in [5, 5.41) is 0.970. The quantitative estimate of drug-likeness (QED) is 0.864. The van der Waals surface area contributed by atoms with Crippen LogP contribution in [0.5, 0.6) is 0 Å². The number of amides is 1. The fraction of sp³-hybridized carbons (Fsp3) is 0.786. The number of carbonyl (C=O) groups is 1. The minimum atomic E-state index is 0.